The molecule has 0 amide bonds. The van der Waals surface area contributed by atoms with Crippen LogP contribution in [0.5, 0.6) is 0 Å². The monoisotopic (exact) mass is 374 g/mol. The van der Waals surface area contributed by atoms with Gasteiger partial charge in [0.25, 0.3) is 0 Å². The molecule has 0 aromatic rings. The minimum atomic E-state index is -2.28. The largest absolute Gasteiger partial charge is 0.462 e. The second-order valence-corrected chi connectivity index (χ2v) is 9.93. The predicted octanol–water partition coefficient (Wildman–Crippen LogP) is -0.483. The maximum atomic E-state index is 13.6. The van der Waals surface area contributed by atoms with Crippen LogP contribution in [0, 0.1) is 33.5 Å². The zero-order valence-electron chi connectivity index (χ0n) is 15.4. The first-order chi connectivity index (χ1) is 12.5. The van der Waals surface area contributed by atoms with Crippen LogP contribution < -0.4 is 0 Å². The summed E-state index contributed by atoms with van der Waals surface area (Å²) in [5, 5.41) is 34.2. The Labute approximate surface area is 155 Å². The molecular formula is C20H22O7. The number of esters is 1. The van der Waals surface area contributed by atoms with Crippen molar-refractivity contribution in [3.05, 3.63) is 11.6 Å². The Kier molecular flexibility index (Phi) is 2.23. The fraction of sp³-hybridized carbons (Fsp3) is 0.750. The fourth-order valence-corrected chi connectivity index (χ4v) is 9.70. The van der Waals surface area contributed by atoms with Gasteiger partial charge in [-0.3, -0.25) is 14.4 Å². The molecule has 6 aliphatic carbocycles. The van der Waals surface area contributed by atoms with Crippen molar-refractivity contribution in [2.75, 3.05) is 6.61 Å². The van der Waals surface area contributed by atoms with Gasteiger partial charge in [-0.25, -0.2) is 0 Å². The summed E-state index contributed by atoms with van der Waals surface area (Å²) in [5.41, 5.74) is -8.26. The highest BCUT2D eigenvalue weighted by Gasteiger charge is 3.05. The van der Waals surface area contributed by atoms with Crippen molar-refractivity contribution in [3.63, 3.8) is 0 Å². The lowest BCUT2D eigenvalue weighted by molar-refractivity contribution is -0.341. The quantitative estimate of drug-likeness (QED) is 0.530. The topological polar surface area (TPSA) is 121 Å². The van der Waals surface area contributed by atoms with Crippen molar-refractivity contribution >= 4 is 17.5 Å². The minimum Gasteiger partial charge on any atom is -0.462 e. The molecule has 9 atom stereocenters. The highest BCUT2D eigenvalue weighted by atomic mass is 16.5. The van der Waals surface area contributed by atoms with Crippen LogP contribution in [0.1, 0.15) is 33.6 Å². The van der Waals surface area contributed by atoms with Gasteiger partial charge in [0, 0.05) is 34.0 Å². The Morgan fingerprint density at radius 3 is 2.44 bits per heavy atom. The van der Waals surface area contributed by atoms with Crippen LogP contribution >= 0.6 is 0 Å². The van der Waals surface area contributed by atoms with Gasteiger partial charge in [-0.2, -0.15) is 0 Å². The van der Waals surface area contributed by atoms with Crippen molar-refractivity contribution in [2.24, 2.45) is 33.5 Å². The Morgan fingerprint density at radius 2 is 1.81 bits per heavy atom. The van der Waals surface area contributed by atoms with Crippen molar-refractivity contribution in [1.82, 2.24) is 0 Å². The van der Waals surface area contributed by atoms with Gasteiger partial charge in [0.2, 0.25) is 0 Å². The molecule has 1 spiro atoms. The van der Waals surface area contributed by atoms with E-state index in [-0.39, 0.29) is 12.8 Å². The summed E-state index contributed by atoms with van der Waals surface area (Å²) in [5.74, 6) is -3.17. The number of aliphatic hydroxyl groups is 3. The van der Waals surface area contributed by atoms with Crippen LogP contribution in [0.3, 0.4) is 0 Å². The number of Topliss-reactive ketones (excluding diaryl/α,β-unsaturated/α-hetero) is 1. The summed E-state index contributed by atoms with van der Waals surface area (Å²) in [7, 11) is 0. The van der Waals surface area contributed by atoms with Gasteiger partial charge < -0.3 is 20.1 Å². The number of carbonyl (C=O) groups is 3. The third-order valence-corrected chi connectivity index (χ3v) is 10.3. The highest BCUT2D eigenvalue weighted by molar-refractivity contribution is 6.15. The molecule has 7 heteroatoms. The molecule has 1 saturated heterocycles. The molecule has 1 heterocycles. The number of rotatable bonds is 1. The lowest BCUT2D eigenvalue weighted by Crippen LogP contribution is -2.84. The number of aliphatic hydroxyl groups excluding tert-OH is 1. The first-order valence-corrected chi connectivity index (χ1v) is 9.50. The van der Waals surface area contributed by atoms with E-state index < -0.39 is 74.9 Å². The van der Waals surface area contributed by atoms with Gasteiger partial charge in [-0.1, -0.05) is 19.4 Å². The normalized spacial score (nSPS) is 64.3. The van der Waals surface area contributed by atoms with Crippen molar-refractivity contribution in [2.45, 2.75) is 50.9 Å². The molecule has 7 aliphatic rings. The first kappa shape index (κ1) is 16.4. The third-order valence-electron chi connectivity index (χ3n) is 10.3. The zero-order valence-corrected chi connectivity index (χ0v) is 15.4. The molecule has 144 valence electrons. The molecule has 7 nitrogen and oxygen atoms in total. The number of ether oxygens (including phenoxy) is 1. The Balaban J connectivity index is 1.85. The summed E-state index contributed by atoms with van der Waals surface area (Å²) < 4.78 is 5.64. The molecule has 27 heavy (non-hydrogen) atoms. The van der Waals surface area contributed by atoms with E-state index >= 15 is 0 Å². The molecule has 7 rings (SSSR count). The van der Waals surface area contributed by atoms with E-state index in [9.17, 15) is 29.7 Å². The number of allylic oxidation sites excluding steroid dienone is 1. The fourth-order valence-electron chi connectivity index (χ4n) is 9.70. The van der Waals surface area contributed by atoms with E-state index in [1.807, 2.05) is 0 Å². The van der Waals surface area contributed by atoms with E-state index in [1.54, 1.807) is 20.8 Å². The molecule has 0 radical (unpaired) electrons. The standard InChI is InChI=1S/C20H22O7/c1-8-4-10(22)19(25)16(3)13-14(24)20(19,26)15(2)9-5-12(23)27-11(6-18(8,15)16)17(9,13)7-21/h4,9,11,13,21,25-26H,5-7H2,1-3H3/t9-,11+,13-,15-,16+,17+,18-,19-,20+/m1/s1. The minimum absolute atomic E-state index is 0.0466. The van der Waals surface area contributed by atoms with E-state index in [1.165, 1.54) is 6.08 Å². The van der Waals surface area contributed by atoms with Gasteiger partial charge in [-0.05, 0) is 25.3 Å². The van der Waals surface area contributed by atoms with Gasteiger partial charge in [0.15, 0.2) is 22.8 Å². The number of ketones is 2. The average molecular weight is 374 g/mol. The molecule has 3 N–H and O–H groups in total. The maximum Gasteiger partial charge on any atom is 0.306 e. The smallest absolute Gasteiger partial charge is 0.306 e. The van der Waals surface area contributed by atoms with Crippen molar-refractivity contribution in [3.8, 4) is 0 Å². The summed E-state index contributed by atoms with van der Waals surface area (Å²) >= 11 is 0. The van der Waals surface area contributed by atoms with Gasteiger partial charge in [-0.15, -0.1) is 0 Å². The summed E-state index contributed by atoms with van der Waals surface area (Å²) in [6, 6.07) is 0. The first-order valence-electron chi connectivity index (χ1n) is 9.50. The molecule has 6 fully saturated rings. The van der Waals surface area contributed by atoms with Gasteiger partial charge >= 0.3 is 5.97 Å². The van der Waals surface area contributed by atoms with Crippen molar-refractivity contribution in [1.29, 1.82) is 0 Å². The second kappa shape index (κ2) is 3.67. The number of carbonyl (C=O) groups excluding carboxylic acids is 3. The lowest BCUT2D eigenvalue weighted by Gasteiger charge is -2.78. The summed E-state index contributed by atoms with van der Waals surface area (Å²) in [6.07, 6.45) is 0.928. The lowest BCUT2D eigenvalue weighted by atomic mass is 9.24. The van der Waals surface area contributed by atoms with E-state index in [0.29, 0.717) is 0 Å². The SMILES string of the molecule is CC1=CC(=O)[C@]2(O)[C@]3(O)C(=O)[C@H]4[C@]5(CO)[C@@H]6C[C@@]1([C@@]3(C)[C@H]5CC(=O)O6)[C@]42C. The average Bonchev–Trinajstić information content (AvgIpc) is 2.78. The molecule has 0 unspecified atom stereocenters. The zero-order chi connectivity index (χ0) is 19.6. The molecule has 1 aliphatic heterocycles. The number of hydrogen-bond acceptors (Lipinski definition) is 7. The van der Waals surface area contributed by atoms with Crippen LogP contribution in [0.2, 0.25) is 0 Å². The Hall–Kier alpha value is -1.57. The summed E-state index contributed by atoms with van der Waals surface area (Å²) in [6.45, 7) is 4.86. The second-order valence-electron chi connectivity index (χ2n) is 9.93. The summed E-state index contributed by atoms with van der Waals surface area (Å²) in [4.78, 5) is 39.0. The van der Waals surface area contributed by atoms with Crippen LogP contribution in [-0.2, 0) is 19.1 Å². The number of hydrogen-bond donors (Lipinski definition) is 3. The Bertz CT molecular complexity index is 939. The van der Waals surface area contributed by atoms with Crippen LogP contribution in [0.15, 0.2) is 11.6 Å². The molecule has 0 aromatic heterocycles. The Morgan fingerprint density at radius 1 is 1.15 bits per heavy atom. The molecule has 8 bridgehead atoms. The molecule has 5 saturated carbocycles. The van der Waals surface area contributed by atoms with Gasteiger partial charge in [0.05, 0.1) is 6.61 Å². The van der Waals surface area contributed by atoms with E-state index in [0.717, 1.165) is 5.57 Å². The van der Waals surface area contributed by atoms with Crippen LogP contribution in [0.25, 0.3) is 0 Å². The maximum absolute atomic E-state index is 13.6. The van der Waals surface area contributed by atoms with Gasteiger partial charge in [0.1, 0.15) is 6.10 Å². The van der Waals surface area contributed by atoms with E-state index in [2.05, 4.69) is 0 Å². The van der Waals surface area contributed by atoms with Crippen LogP contribution in [-0.4, -0.2) is 56.8 Å². The molecule has 0 aromatic carbocycles. The third kappa shape index (κ3) is 0.922. The highest BCUT2D eigenvalue weighted by Crippen LogP contribution is 2.95. The predicted molar refractivity (Wildman–Crippen MR) is 87.9 cm³/mol. The molecular weight excluding hydrogens is 352 g/mol. The van der Waals surface area contributed by atoms with E-state index in [4.69, 9.17) is 4.74 Å². The van der Waals surface area contributed by atoms with Crippen molar-refractivity contribution < 1.29 is 34.4 Å². The van der Waals surface area contributed by atoms with Crippen LogP contribution in [0.4, 0.5) is 0 Å².